The molecule has 0 aliphatic carbocycles. The van der Waals surface area contributed by atoms with E-state index in [1.807, 2.05) is 44.2 Å². The van der Waals surface area contributed by atoms with Crippen LogP contribution in [0.4, 0.5) is 5.69 Å². The first-order valence-corrected chi connectivity index (χ1v) is 11.4. The lowest BCUT2D eigenvalue weighted by Crippen LogP contribution is -2.48. The Morgan fingerprint density at radius 3 is 2.20 bits per heavy atom. The number of carbonyl (C=O) groups excluding carboxylic acids is 4. The highest BCUT2D eigenvalue weighted by Gasteiger charge is 2.43. The van der Waals surface area contributed by atoms with E-state index in [2.05, 4.69) is 5.32 Å². The summed E-state index contributed by atoms with van der Waals surface area (Å²) in [6, 6.07) is 19.6. The summed E-state index contributed by atoms with van der Waals surface area (Å²) >= 11 is 0. The van der Waals surface area contributed by atoms with Gasteiger partial charge in [-0.1, -0.05) is 42.5 Å². The number of Topliss-reactive ketones (excluding diaryl/α,β-unsaturated/α-hetero) is 1. The lowest BCUT2D eigenvalue weighted by atomic mass is 9.93. The molecule has 0 radical (unpaired) electrons. The minimum atomic E-state index is -1.08. The van der Waals surface area contributed by atoms with Crippen LogP contribution in [0.1, 0.15) is 56.9 Å². The van der Waals surface area contributed by atoms with Crippen molar-refractivity contribution >= 4 is 29.2 Å². The van der Waals surface area contributed by atoms with Gasteiger partial charge in [-0.05, 0) is 49.7 Å². The predicted molar refractivity (Wildman–Crippen MR) is 130 cm³/mol. The molecule has 0 spiro atoms. The molecule has 3 aromatic carbocycles. The van der Waals surface area contributed by atoms with Gasteiger partial charge in [-0.3, -0.25) is 24.1 Å². The first-order chi connectivity index (χ1) is 16.7. The summed E-state index contributed by atoms with van der Waals surface area (Å²) in [4.78, 5) is 53.5. The van der Waals surface area contributed by atoms with Gasteiger partial charge in [0.15, 0.2) is 5.78 Å². The molecular formula is C28H24N2O5. The Hall–Kier alpha value is -4.26. The molecule has 1 unspecified atom stereocenters. The fraction of sp³-hybridized carbons (Fsp3) is 0.214. The van der Waals surface area contributed by atoms with E-state index in [0.717, 1.165) is 10.5 Å². The minimum Gasteiger partial charge on any atom is -0.487 e. The highest BCUT2D eigenvalue weighted by atomic mass is 16.5. The third-order valence-corrected chi connectivity index (χ3v) is 6.23. The first kappa shape index (κ1) is 22.5. The van der Waals surface area contributed by atoms with Crippen molar-refractivity contribution in [3.8, 4) is 5.75 Å². The summed E-state index contributed by atoms with van der Waals surface area (Å²) in [6.07, 6.45) is 0.377. The predicted octanol–water partition coefficient (Wildman–Crippen LogP) is 4.28. The van der Waals surface area contributed by atoms with E-state index in [0.29, 0.717) is 17.0 Å². The number of nitrogens with one attached hydrogen (secondary N) is 1. The standard InChI is InChI=1S/C28H24N2O5/c1-28(2)16-23(31)21-15-18(12-13-24(21)35-28)29-25(32)22(14-17-8-4-3-5-9-17)30-26(33)19-10-6-7-11-20(19)27(30)34/h3-13,15,22H,14,16H2,1-2H3,(H,29,32). The van der Waals surface area contributed by atoms with E-state index >= 15 is 0 Å². The Morgan fingerprint density at radius 1 is 0.914 bits per heavy atom. The summed E-state index contributed by atoms with van der Waals surface area (Å²) in [5.41, 5.74) is 1.55. The van der Waals surface area contributed by atoms with Crippen molar-refractivity contribution < 1.29 is 23.9 Å². The zero-order valence-corrected chi connectivity index (χ0v) is 19.4. The largest absolute Gasteiger partial charge is 0.487 e. The van der Waals surface area contributed by atoms with Gasteiger partial charge in [0.05, 0.1) is 23.1 Å². The van der Waals surface area contributed by atoms with Crippen LogP contribution in [0.2, 0.25) is 0 Å². The number of nitrogens with zero attached hydrogens (tertiary/aromatic N) is 1. The Balaban J connectivity index is 1.46. The third kappa shape index (κ3) is 4.21. The monoisotopic (exact) mass is 468 g/mol. The fourth-order valence-corrected chi connectivity index (χ4v) is 4.59. The van der Waals surface area contributed by atoms with E-state index in [4.69, 9.17) is 4.74 Å². The first-order valence-electron chi connectivity index (χ1n) is 11.4. The van der Waals surface area contributed by atoms with Crippen LogP contribution in [0.5, 0.6) is 5.75 Å². The maximum Gasteiger partial charge on any atom is 0.262 e. The average molecular weight is 469 g/mol. The molecule has 0 saturated carbocycles. The topological polar surface area (TPSA) is 92.8 Å². The molecular weight excluding hydrogens is 444 g/mol. The fourth-order valence-electron chi connectivity index (χ4n) is 4.59. The molecule has 0 saturated heterocycles. The van der Waals surface area contributed by atoms with Crippen LogP contribution < -0.4 is 10.1 Å². The molecule has 0 bridgehead atoms. The number of ether oxygens (including phenoxy) is 1. The smallest absolute Gasteiger partial charge is 0.262 e. The maximum absolute atomic E-state index is 13.5. The van der Waals surface area contributed by atoms with Crippen LogP contribution in [0.15, 0.2) is 72.8 Å². The number of carbonyl (C=O) groups is 4. The number of benzene rings is 3. The number of fused-ring (bicyclic) bond motifs is 2. The van der Waals surface area contributed by atoms with E-state index < -0.39 is 29.4 Å². The third-order valence-electron chi connectivity index (χ3n) is 6.23. The molecule has 2 heterocycles. The van der Waals surface area contributed by atoms with Crippen molar-refractivity contribution in [2.24, 2.45) is 0 Å². The van der Waals surface area contributed by atoms with Crippen molar-refractivity contribution in [3.63, 3.8) is 0 Å². The summed E-state index contributed by atoms with van der Waals surface area (Å²) < 4.78 is 5.89. The zero-order valence-electron chi connectivity index (χ0n) is 19.4. The minimum absolute atomic E-state index is 0.0754. The number of rotatable bonds is 5. The Kier molecular flexibility index (Phi) is 5.47. The summed E-state index contributed by atoms with van der Waals surface area (Å²) in [6.45, 7) is 3.69. The van der Waals surface area contributed by atoms with Crippen molar-refractivity contribution in [2.45, 2.75) is 38.3 Å². The second-order valence-corrected chi connectivity index (χ2v) is 9.39. The lowest BCUT2D eigenvalue weighted by molar-refractivity contribution is -0.119. The van der Waals surface area contributed by atoms with Crippen molar-refractivity contribution in [2.75, 3.05) is 5.32 Å². The molecule has 7 heteroatoms. The van der Waals surface area contributed by atoms with Gasteiger partial charge < -0.3 is 10.1 Å². The lowest BCUT2D eigenvalue weighted by Gasteiger charge is -2.31. The number of ketones is 1. The molecule has 7 nitrogen and oxygen atoms in total. The number of hydrogen-bond donors (Lipinski definition) is 1. The molecule has 3 amide bonds. The number of hydrogen-bond acceptors (Lipinski definition) is 5. The van der Waals surface area contributed by atoms with Crippen LogP contribution in [0.3, 0.4) is 0 Å². The second kappa shape index (κ2) is 8.51. The highest BCUT2D eigenvalue weighted by molar-refractivity contribution is 6.23. The van der Waals surface area contributed by atoms with Crippen LogP contribution in [-0.2, 0) is 11.2 Å². The van der Waals surface area contributed by atoms with Crippen molar-refractivity contribution in [1.29, 1.82) is 0 Å². The number of imide groups is 1. The van der Waals surface area contributed by atoms with Crippen LogP contribution >= 0.6 is 0 Å². The van der Waals surface area contributed by atoms with Crippen molar-refractivity contribution in [3.05, 3.63) is 95.1 Å². The number of anilines is 1. The molecule has 2 aliphatic rings. The van der Waals surface area contributed by atoms with E-state index in [-0.39, 0.29) is 29.8 Å². The highest BCUT2D eigenvalue weighted by Crippen LogP contribution is 2.35. The van der Waals surface area contributed by atoms with Gasteiger partial charge in [-0.25, -0.2) is 0 Å². The Morgan fingerprint density at radius 2 is 1.54 bits per heavy atom. The normalized spacial score (nSPS) is 16.9. The van der Waals surface area contributed by atoms with Crippen LogP contribution in [0, 0.1) is 0 Å². The summed E-state index contributed by atoms with van der Waals surface area (Å²) in [7, 11) is 0. The molecule has 5 rings (SSSR count). The molecule has 0 aromatic heterocycles. The maximum atomic E-state index is 13.5. The molecule has 35 heavy (non-hydrogen) atoms. The van der Waals surface area contributed by atoms with Crippen LogP contribution in [0.25, 0.3) is 0 Å². The van der Waals surface area contributed by atoms with Crippen molar-refractivity contribution in [1.82, 2.24) is 4.90 Å². The van der Waals surface area contributed by atoms with Gasteiger partial charge in [0.1, 0.15) is 17.4 Å². The molecule has 3 aromatic rings. The molecule has 2 aliphatic heterocycles. The van der Waals surface area contributed by atoms with E-state index in [9.17, 15) is 19.2 Å². The molecule has 176 valence electrons. The SMILES string of the molecule is CC1(C)CC(=O)c2cc(NC(=O)C(Cc3ccccc3)N3C(=O)c4ccccc4C3=O)ccc2O1. The summed E-state index contributed by atoms with van der Waals surface area (Å²) in [5.74, 6) is -1.14. The molecule has 1 N–H and O–H groups in total. The van der Waals surface area contributed by atoms with Gasteiger partial charge in [-0.15, -0.1) is 0 Å². The van der Waals surface area contributed by atoms with Gasteiger partial charge in [0.25, 0.3) is 11.8 Å². The van der Waals surface area contributed by atoms with Gasteiger partial charge in [0, 0.05) is 12.1 Å². The van der Waals surface area contributed by atoms with Crippen LogP contribution in [-0.4, -0.2) is 40.0 Å². The Bertz CT molecular complexity index is 1330. The second-order valence-electron chi connectivity index (χ2n) is 9.39. The van der Waals surface area contributed by atoms with Gasteiger partial charge in [-0.2, -0.15) is 0 Å². The molecule has 0 fully saturated rings. The van der Waals surface area contributed by atoms with E-state index in [1.54, 1.807) is 42.5 Å². The zero-order chi connectivity index (χ0) is 24.7. The summed E-state index contributed by atoms with van der Waals surface area (Å²) in [5, 5.41) is 2.81. The average Bonchev–Trinajstić information content (AvgIpc) is 3.08. The quantitative estimate of drug-likeness (QED) is 0.565. The Labute approximate surface area is 202 Å². The van der Waals surface area contributed by atoms with E-state index in [1.165, 1.54) is 0 Å². The van der Waals surface area contributed by atoms with Gasteiger partial charge >= 0.3 is 0 Å². The van der Waals surface area contributed by atoms with Gasteiger partial charge in [0.2, 0.25) is 5.91 Å². The molecule has 1 atom stereocenters. The number of amides is 3.